The third kappa shape index (κ3) is 1.73. The van der Waals surface area contributed by atoms with Gasteiger partial charge < -0.3 is 11.1 Å². The van der Waals surface area contributed by atoms with Gasteiger partial charge >= 0.3 is 0 Å². The monoisotopic (exact) mass is 246 g/mol. The first-order valence-corrected chi connectivity index (χ1v) is 6.25. The van der Waals surface area contributed by atoms with Gasteiger partial charge in [0.15, 0.2) is 5.65 Å². The van der Waals surface area contributed by atoms with E-state index >= 15 is 0 Å². The van der Waals surface area contributed by atoms with Crippen molar-refractivity contribution in [2.75, 3.05) is 11.9 Å². The zero-order valence-corrected chi connectivity index (χ0v) is 10.7. The molecule has 1 aliphatic carbocycles. The fourth-order valence-corrected chi connectivity index (χ4v) is 2.37. The van der Waals surface area contributed by atoms with Crippen LogP contribution in [-0.4, -0.2) is 31.8 Å². The van der Waals surface area contributed by atoms with Gasteiger partial charge in [0.2, 0.25) is 0 Å². The molecule has 18 heavy (non-hydrogen) atoms. The Morgan fingerprint density at radius 2 is 2.28 bits per heavy atom. The average molecular weight is 246 g/mol. The van der Waals surface area contributed by atoms with E-state index in [1.54, 1.807) is 17.2 Å². The molecule has 0 radical (unpaired) electrons. The molecule has 1 atom stereocenters. The van der Waals surface area contributed by atoms with Crippen LogP contribution in [0, 0.1) is 5.92 Å². The van der Waals surface area contributed by atoms with E-state index < -0.39 is 0 Å². The van der Waals surface area contributed by atoms with E-state index in [1.807, 2.05) is 7.05 Å². The normalized spacial score (nSPS) is 18.8. The molecule has 1 aliphatic rings. The van der Waals surface area contributed by atoms with Crippen LogP contribution in [0.2, 0.25) is 0 Å². The highest BCUT2D eigenvalue weighted by Gasteiger charge is 2.41. The average Bonchev–Trinajstić information content (AvgIpc) is 3.16. The lowest BCUT2D eigenvalue weighted by atomic mass is 9.96. The van der Waals surface area contributed by atoms with Gasteiger partial charge in [-0.05, 0) is 25.7 Å². The number of nitrogens with zero attached hydrogens (tertiary/aromatic N) is 4. The van der Waals surface area contributed by atoms with Gasteiger partial charge in [-0.2, -0.15) is 5.10 Å². The first-order chi connectivity index (χ1) is 8.64. The van der Waals surface area contributed by atoms with Crippen LogP contribution < -0.4 is 11.1 Å². The highest BCUT2D eigenvalue weighted by Crippen LogP contribution is 2.41. The van der Waals surface area contributed by atoms with Crippen LogP contribution in [-0.2, 0) is 7.05 Å². The standard InChI is InChI=1S/C12H18N6/c1-12(6-13,8-3-4-8)17-10-9-5-16-18(2)11(9)15-7-14-10/h5,7-8H,3-4,6,13H2,1-2H3,(H,14,15,17). The van der Waals surface area contributed by atoms with Crippen LogP contribution in [0.15, 0.2) is 12.5 Å². The Bertz CT molecular complexity index is 573. The van der Waals surface area contributed by atoms with Crippen molar-refractivity contribution in [3.63, 3.8) is 0 Å². The molecule has 0 bridgehead atoms. The third-order valence-corrected chi connectivity index (χ3v) is 3.84. The quantitative estimate of drug-likeness (QED) is 0.837. The Labute approximate surface area is 106 Å². The summed E-state index contributed by atoms with van der Waals surface area (Å²) in [4.78, 5) is 8.57. The van der Waals surface area contributed by atoms with Gasteiger partial charge in [-0.15, -0.1) is 0 Å². The van der Waals surface area contributed by atoms with Crippen molar-refractivity contribution in [1.29, 1.82) is 0 Å². The van der Waals surface area contributed by atoms with Gasteiger partial charge in [-0.1, -0.05) is 0 Å². The second-order valence-corrected chi connectivity index (χ2v) is 5.25. The Morgan fingerprint density at radius 3 is 2.94 bits per heavy atom. The number of hydrogen-bond donors (Lipinski definition) is 2. The van der Waals surface area contributed by atoms with E-state index in [4.69, 9.17) is 5.73 Å². The molecule has 3 rings (SSSR count). The highest BCUT2D eigenvalue weighted by molar-refractivity contribution is 5.86. The van der Waals surface area contributed by atoms with E-state index in [0.29, 0.717) is 12.5 Å². The van der Waals surface area contributed by atoms with Gasteiger partial charge in [0.25, 0.3) is 0 Å². The molecular weight excluding hydrogens is 228 g/mol. The van der Waals surface area contributed by atoms with Crippen molar-refractivity contribution in [3.8, 4) is 0 Å². The molecule has 1 unspecified atom stereocenters. The molecule has 2 aromatic heterocycles. The van der Waals surface area contributed by atoms with Crippen molar-refractivity contribution in [2.45, 2.75) is 25.3 Å². The van der Waals surface area contributed by atoms with Gasteiger partial charge in [0.05, 0.1) is 17.1 Å². The van der Waals surface area contributed by atoms with Gasteiger partial charge in [-0.3, -0.25) is 4.68 Å². The Kier molecular flexibility index (Phi) is 2.48. The van der Waals surface area contributed by atoms with Crippen LogP contribution in [0.5, 0.6) is 0 Å². The van der Waals surface area contributed by atoms with Crippen molar-refractivity contribution >= 4 is 16.9 Å². The largest absolute Gasteiger partial charge is 0.363 e. The predicted molar refractivity (Wildman–Crippen MR) is 70.1 cm³/mol. The molecule has 96 valence electrons. The molecular formula is C12H18N6. The summed E-state index contributed by atoms with van der Waals surface area (Å²) in [7, 11) is 1.88. The summed E-state index contributed by atoms with van der Waals surface area (Å²) in [6.45, 7) is 2.76. The minimum absolute atomic E-state index is 0.0862. The summed E-state index contributed by atoms with van der Waals surface area (Å²) in [5.41, 5.74) is 6.67. The molecule has 2 aromatic rings. The number of nitrogens with one attached hydrogen (secondary N) is 1. The summed E-state index contributed by atoms with van der Waals surface area (Å²) in [6.07, 6.45) is 5.83. The zero-order chi connectivity index (χ0) is 12.8. The lowest BCUT2D eigenvalue weighted by Gasteiger charge is -2.30. The lowest BCUT2D eigenvalue weighted by molar-refractivity contribution is 0.458. The highest BCUT2D eigenvalue weighted by atomic mass is 15.3. The van der Waals surface area contributed by atoms with E-state index in [0.717, 1.165) is 16.9 Å². The minimum atomic E-state index is -0.0862. The van der Waals surface area contributed by atoms with E-state index in [2.05, 4.69) is 27.3 Å². The number of fused-ring (bicyclic) bond motifs is 1. The van der Waals surface area contributed by atoms with Gasteiger partial charge in [0, 0.05) is 13.6 Å². The summed E-state index contributed by atoms with van der Waals surface area (Å²) >= 11 is 0. The number of aromatic nitrogens is 4. The summed E-state index contributed by atoms with van der Waals surface area (Å²) in [5.74, 6) is 1.47. The number of nitrogens with two attached hydrogens (primary N) is 1. The Balaban J connectivity index is 1.99. The van der Waals surface area contributed by atoms with Crippen molar-refractivity contribution in [1.82, 2.24) is 19.7 Å². The first kappa shape index (κ1) is 11.4. The molecule has 0 aromatic carbocycles. The topological polar surface area (TPSA) is 81.7 Å². The molecule has 0 spiro atoms. The van der Waals surface area contributed by atoms with Crippen LogP contribution in [0.25, 0.3) is 11.0 Å². The molecule has 0 amide bonds. The van der Waals surface area contributed by atoms with Crippen LogP contribution in [0.4, 0.5) is 5.82 Å². The smallest absolute Gasteiger partial charge is 0.163 e. The maximum atomic E-state index is 5.92. The molecule has 0 saturated heterocycles. The molecule has 1 saturated carbocycles. The molecule has 0 aliphatic heterocycles. The molecule has 6 heteroatoms. The van der Waals surface area contributed by atoms with E-state index in [1.165, 1.54) is 12.8 Å². The molecule has 2 heterocycles. The van der Waals surface area contributed by atoms with Crippen molar-refractivity contribution in [2.24, 2.45) is 18.7 Å². The number of anilines is 1. The van der Waals surface area contributed by atoms with Gasteiger partial charge in [-0.25, -0.2) is 9.97 Å². The molecule has 3 N–H and O–H groups in total. The van der Waals surface area contributed by atoms with Crippen molar-refractivity contribution in [3.05, 3.63) is 12.5 Å². The summed E-state index contributed by atoms with van der Waals surface area (Å²) in [6, 6.07) is 0. The maximum absolute atomic E-state index is 5.92. The SMILES string of the molecule is Cn1ncc2c(NC(C)(CN)C3CC3)ncnc21. The van der Waals surface area contributed by atoms with E-state index in [9.17, 15) is 0 Å². The fraction of sp³-hybridized carbons (Fsp3) is 0.583. The Hall–Kier alpha value is -1.69. The second kappa shape index (κ2) is 3.91. The van der Waals surface area contributed by atoms with Crippen LogP contribution in [0.3, 0.4) is 0 Å². The summed E-state index contributed by atoms with van der Waals surface area (Å²) < 4.78 is 1.75. The molecule has 6 nitrogen and oxygen atoms in total. The lowest BCUT2D eigenvalue weighted by Crippen LogP contribution is -2.45. The molecule has 1 fully saturated rings. The zero-order valence-electron chi connectivity index (χ0n) is 10.7. The number of rotatable bonds is 4. The predicted octanol–water partition coefficient (Wildman–Crippen LogP) is 0.903. The van der Waals surface area contributed by atoms with Crippen molar-refractivity contribution < 1.29 is 0 Å². The third-order valence-electron chi connectivity index (χ3n) is 3.84. The first-order valence-electron chi connectivity index (χ1n) is 6.25. The number of aryl methyl sites for hydroxylation is 1. The maximum Gasteiger partial charge on any atom is 0.163 e. The Morgan fingerprint density at radius 1 is 1.50 bits per heavy atom. The number of hydrogen-bond acceptors (Lipinski definition) is 5. The van der Waals surface area contributed by atoms with Crippen LogP contribution >= 0.6 is 0 Å². The minimum Gasteiger partial charge on any atom is -0.363 e. The fourth-order valence-electron chi connectivity index (χ4n) is 2.37. The van der Waals surface area contributed by atoms with Gasteiger partial charge in [0.1, 0.15) is 12.1 Å². The van der Waals surface area contributed by atoms with Crippen LogP contribution in [0.1, 0.15) is 19.8 Å². The van der Waals surface area contributed by atoms with E-state index in [-0.39, 0.29) is 5.54 Å². The summed E-state index contributed by atoms with van der Waals surface area (Å²) in [5, 5.41) is 8.65. The second-order valence-electron chi connectivity index (χ2n) is 5.25.